The Balaban J connectivity index is 1.50. The van der Waals surface area contributed by atoms with Crippen LogP contribution >= 0.6 is 15.9 Å². The first-order valence-electron chi connectivity index (χ1n) is 14.2. The SMILES string of the molecule is CC[C@@H](OCc1cccc(C(C)CCCn2cc(-c3ccc(OC)cc3)nc2C(=O)c2ccc(C)cc2)c1Br)C(=O)O. The van der Waals surface area contributed by atoms with Gasteiger partial charge in [0.1, 0.15) is 5.75 Å². The summed E-state index contributed by atoms with van der Waals surface area (Å²) in [6.07, 6.45) is 3.25. The van der Waals surface area contributed by atoms with E-state index in [1.54, 1.807) is 14.0 Å². The van der Waals surface area contributed by atoms with Crippen LogP contribution in [0.4, 0.5) is 0 Å². The number of aliphatic carboxylic acids is 1. The molecular formula is C34H37BrN2O5. The van der Waals surface area contributed by atoms with Crippen molar-refractivity contribution in [3.05, 3.63) is 105 Å². The molecule has 8 heteroatoms. The van der Waals surface area contributed by atoms with E-state index < -0.39 is 12.1 Å². The molecule has 2 atom stereocenters. The number of methoxy groups -OCH3 is 1. The molecule has 42 heavy (non-hydrogen) atoms. The molecule has 7 nitrogen and oxygen atoms in total. The highest BCUT2D eigenvalue weighted by Gasteiger charge is 2.20. The van der Waals surface area contributed by atoms with Crippen molar-refractivity contribution >= 4 is 27.7 Å². The Labute approximate surface area is 255 Å². The second-order valence-corrected chi connectivity index (χ2v) is 11.3. The van der Waals surface area contributed by atoms with Gasteiger partial charge < -0.3 is 19.1 Å². The molecule has 0 aliphatic heterocycles. The van der Waals surface area contributed by atoms with Gasteiger partial charge in [-0.2, -0.15) is 0 Å². The lowest BCUT2D eigenvalue weighted by Crippen LogP contribution is -2.22. The highest BCUT2D eigenvalue weighted by molar-refractivity contribution is 9.10. The van der Waals surface area contributed by atoms with Gasteiger partial charge in [0.25, 0.3) is 0 Å². The van der Waals surface area contributed by atoms with Gasteiger partial charge in [-0.1, -0.05) is 77.8 Å². The first-order chi connectivity index (χ1) is 20.2. The Hall–Kier alpha value is -3.75. The summed E-state index contributed by atoms with van der Waals surface area (Å²) in [5, 5.41) is 9.30. The Morgan fingerprint density at radius 2 is 1.76 bits per heavy atom. The van der Waals surface area contributed by atoms with Gasteiger partial charge in [-0.25, -0.2) is 9.78 Å². The van der Waals surface area contributed by atoms with E-state index in [4.69, 9.17) is 14.5 Å². The monoisotopic (exact) mass is 632 g/mol. The van der Waals surface area contributed by atoms with E-state index in [1.807, 2.05) is 78.4 Å². The molecule has 0 aliphatic carbocycles. The minimum absolute atomic E-state index is 0.106. The highest BCUT2D eigenvalue weighted by Crippen LogP contribution is 2.32. The number of halogens is 1. The van der Waals surface area contributed by atoms with Crippen LogP contribution in [0.3, 0.4) is 0 Å². The number of nitrogens with zero attached hydrogens (tertiary/aromatic N) is 2. The van der Waals surface area contributed by atoms with Crippen molar-refractivity contribution in [2.75, 3.05) is 7.11 Å². The Kier molecular flexibility index (Phi) is 10.7. The van der Waals surface area contributed by atoms with Crippen molar-refractivity contribution in [3.63, 3.8) is 0 Å². The van der Waals surface area contributed by atoms with Crippen LogP contribution in [0.2, 0.25) is 0 Å². The maximum absolute atomic E-state index is 13.5. The van der Waals surface area contributed by atoms with E-state index in [9.17, 15) is 14.7 Å². The van der Waals surface area contributed by atoms with Gasteiger partial charge >= 0.3 is 5.97 Å². The maximum atomic E-state index is 13.5. The summed E-state index contributed by atoms with van der Waals surface area (Å²) in [6, 6.07) is 21.2. The third-order valence-electron chi connectivity index (χ3n) is 7.44. The molecule has 3 aromatic carbocycles. The average Bonchev–Trinajstić information content (AvgIpc) is 3.42. The van der Waals surface area contributed by atoms with E-state index in [-0.39, 0.29) is 18.3 Å². The standard InChI is InChI=1S/C34H37BrN2O5/c1-5-30(34(39)40)42-21-26-9-6-10-28(31(26)35)23(3)8-7-19-37-20-29(24-15-17-27(41-4)18-16-24)36-33(37)32(38)25-13-11-22(2)12-14-25/h6,9-18,20,23,30H,5,7-8,19,21H2,1-4H3,(H,39,40)/t23?,30-/m1/s1. The Morgan fingerprint density at radius 3 is 2.40 bits per heavy atom. The molecule has 0 aliphatic rings. The number of carboxylic acids is 1. The normalized spacial score (nSPS) is 12.6. The van der Waals surface area contributed by atoms with E-state index in [0.717, 1.165) is 51.0 Å². The number of ketones is 1. The summed E-state index contributed by atoms with van der Waals surface area (Å²) in [4.78, 5) is 29.7. The van der Waals surface area contributed by atoms with Crippen LogP contribution in [0.25, 0.3) is 11.3 Å². The van der Waals surface area contributed by atoms with Gasteiger partial charge in [0, 0.05) is 28.3 Å². The van der Waals surface area contributed by atoms with Crippen LogP contribution in [-0.2, 0) is 22.7 Å². The molecule has 0 bridgehead atoms. The Morgan fingerprint density at radius 1 is 1.05 bits per heavy atom. The van der Waals surface area contributed by atoms with Crippen LogP contribution in [-0.4, -0.2) is 39.6 Å². The first kappa shape index (κ1) is 31.2. The van der Waals surface area contributed by atoms with Crippen molar-refractivity contribution in [3.8, 4) is 17.0 Å². The number of aromatic nitrogens is 2. The van der Waals surface area contributed by atoms with E-state index in [0.29, 0.717) is 24.4 Å². The molecular weight excluding hydrogens is 596 g/mol. The number of ether oxygens (including phenoxy) is 2. The fourth-order valence-electron chi connectivity index (χ4n) is 4.87. The number of benzene rings is 3. The molecule has 1 heterocycles. The number of aryl methyl sites for hydroxylation is 2. The van der Waals surface area contributed by atoms with Crippen molar-refractivity contribution in [2.24, 2.45) is 0 Å². The van der Waals surface area contributed by atoms with Crippen LogP contribution in [0.15, 0.2) is 77.4 Å². The number of rotatable bonds is 14. The van der Waals surface area contributed by atoms with E-state index in [2.05, 4.69) is 28.9 Å². The zero-order valence-corrected chi connectivity index (χ0v) is 26.1. The molecule has 220 valence electrons. The van der Waals surface area contributed by atoms with Crippen LogP contribution < -0.4 is 4.74 Å². The van der Waals surface area contributed by atoms with Gasteiger partial charge in [-0.05, 0) is 67.5 Å². The second kappa shape index (κ2) is 14.4. The second-order valence-electron chi connectivity index (χ2n) is 10.5. The quantitative estimate of drug-likeness (QED) is 0.142. The van der Waals surface area contributed by atoms with Gasteiger partial charge in [0.15, 0.2) is 11.9 Å². The maximum Gasteiger partial charge on any atom is 0.332 e. The molecule has 1 N–H and O–H groups in total. The smallest absolute Gasteiger partial charge is 0.332 e. The summed E-state index contributed by atoms with van der Waals surface area (Å²) >= 11 is 3.73. The molecule has 4 rings (SSSR count). The summed E-state index contributed by atoms with van der Waals surface area (Å²) in [7, 11) is 1.63. The lowest BCUT2D eigenvalue weighted by Gasteiger charge is -2.18. The molecule has 0 spiro atoms. The van der Waals surface area contributed by atoms with Crippen LogP contribution in [0.5, 0.6) is 5.75 Å². The third-order valence-corrected chi connectivity index (χ3v) is 8.41. The zero-order valence-electron chi connectivity index (χ0n) is 24.5. The summed E-state index contributed by atoms with van der Waals surface area (Å²) in [5.41, 5.74) is 5.42. The molecule has 0 radical (unpaired) electrons. The number of hydrogen-bond acceptors (Lipinski definition) is 5. The van der Waals surface area contributed by atoms with Gasteiger partial charge in [-0.15, -0.1) is 0 Å². The van der Waals surface area contributed by atoms with Crippen molar-refractivity contribution < 1.29 is 24.2 Å². The average molecular weight is 634 g/mol. The lowest BCUT2D eigenvalue weighted by atomic mass is 9.94. The van der Waals surface area contributed by atoms with Crippen molar-refractivity contribution in [2.45, 2.75) is 65.2 Å². The van der Waals surface area contributed by atoms with Gasteiger partial charge in [0.05, 0.1) is 19.4 Å². The summed E-state index contributed by atoms with van der Waals surface area (Å²) in [5.74, 6) is 0.346. The molecule has 1 aromatic heterocycles. The van der Waals surface area contributed by atoms with E-state index in [1.165, 1.54) is 0 Å². The number of carbonyl (C=O) groups is 2. The summed E-state index contributed by atoms with van der Waals surface area (Å²) in [6.45, 7) is 6.83. The third kappa shape index (κ3) is 7.55. The molecule has 0 saturated carbocycles. The zero-order chi connectivity index (χ0) is 30.2. The minimum Gasteiger partial charge on any atom is -0.497 e. The summed E-state index contributed by atoms with van der Waals surface area (Å²) < 4.78 is 13.8. The van der Waals surface area contributed by atoms with Gasteiger partial charge in [0.2, 0.25) is 5.78 Å². The fraction of sp³-hybridized carbons (Fsp3) is 0.324. The van der Waals surface area contributed by atoms with Crippen LogP contribution in [0.1, 0.15) is 71.9 Å². The van der Waals surface area contributed by atoms with Gasteiger partial charge in [-0.3, -0.25) is 4.79 Å². The predicted octanol–water partition coefficient (Wildman–Crippen LogP) is 7.82. The highest BCUT2D eigenvalue weighted by atomic mass is 79.9. The largest absolute Gasteiger partial charge is 0.497 e. The van der Waals surface area contributed by atoms with Crippen molar-refractivity contribution in [1.82, 2.24) is 9.55 Å². The number of carboxylic acid groups (broad SMARTS) is 1. The molecule has 0 amide bonds. The topological polar surface area (TPSA) is 90.7 Å². The minimum atomic E-state index is -0.951. The van der Waals surface area contributed by atoms with Crippen molar-refractivity contribution in [1.29, 1.82) is 0 Å². The lowest BCUT2D eigenvalue weighted by molar-refractivity contribution is -0.151. The molecule has 0 saturated heterocycles. The first-order valence-corrected chi connectivity index (χ1v) is 15.0. The molecule has 1 unspecified atom stereocenters. The molecule has 4 aromatic rings. The predicted molar refractivity (Wildman–Crippen MR) is 167 cm³/mol. The number of imidazole rings is 1. The molecule has 0 fully saturated rings. The van der Waals surface area contributed by atoms with E-state index >= 15 is 0 Å². The van der Waals surface area contributed by atoms with Crippen LogP contribution in [0, 0.1) is 6.92 Å². The fourth-order valence-corrected chi connectivity index (χ4v) is 5.64. The Bertz CT molecular complexity index is 1510. The number of carbonyl (C=O) groups excluding carboxylic acids is 1. The number of hydrogen-bond donors (Lipinski definition) is 1.